The number of likely N-dealkylation sites (N-methyl/N-ethyl adjacent to an activating group) is 1. The van der Waals surface area contributed by atoms with Gasteiger partial charge in [-0.15, -0.1) is 0 Å². The molecule has 1 unspecified atom stereocenters. The van der Waals surface area contributed by atoms with Gasteiger partial charge in [-0.1, -0.05) is 0 Å². The predicted octanol–water partition coefficient (Wildman–Crippen LogP) is 1.74. The van der Waals surface area contributed by atoms with Gasteiger partial charge in [-0.05, 0) is 38.7 Å². The SMILES string of the molecule is CN(C)C1CCN(C(=O)c2ccc(F)c(F)c2)C1. The molecule has 1 aliphatic rings. The van der Waals surface area contributed by atoms with E-state index in [9.17, 15) is 13.6 Å². The van der Waals surface area contributed by atoms with E-state index in [2.05, 4.69) is 4.90 Å². The molecule has 5 heteroatoms. The van der Waals surface area contributed by atoms with Crippen molar-refractivity contribution >= 4 is 5.91 Å². The topological polar surface area (TPSA) is 23.6 Å². The largest absolute Gasteiger partial charge is 0.337 e. The molecule has 3 nitrogen and oxygen atoms in total. The predicted molar refractivity (Wildman–Crippen MR) is 64.4 cm³/mol. The van der Waals surface area contributed by atoms with Gasteiger partial charge in [0.15, 0.2) is 11.6 Å². The number of likely N-dealkylation sites (tertiary alicyclic amines) is 1. The molecule has 1 atom stereocenters. The molecule has 1 saturated heterocycles. The number of hydrogen-bond acceptors (Lipinski definition) is 2. The number of amides is 1. The molecule has 98 valence electrons. The molecular formula is C13H16F2N2O. The van der Waals surface area contributed by atoms with E-state index in [4.69, 9.17) is 0 Å². The molecule has 0 N–H and O–H groups in total. The molecule has 18 heavy (non-hydrogen) atoms. The van der Waals surface area contributed by atoms with Crippen LogP contribution in [-0.4, -0.2) is 48.9 Å². The summed E-state index contributed by atoms with van der Waals surface area (Å²) in [4.78, 5) is 15.8. The summed E-state index contributed by atoms with van der Waals surface area (Å²) in [5.74, 6) is -2.15. The van der Waals surface area contributed by atoms with Crippen molar-refractivity contribution in [3.8, 4) is 0 Å². The van der Waals surface area contributed by atoms with E-state index < -0.39 is 11.6 Å². The lowest BCUT2D eigenvalue weighted by Crippen LogP contribution is -2.34. The first-order chi connectivity index (χ1) is 8.49. The minimum Gasteiger partial charge on any atom is -0.337 e. The molecule has 0 spiro atoms. The molecule has 0 bridgehead atoms. The van der Waals surface area contributed by atoms with Crippen LogP contribution in [0, 0.1) is 11.6 Å². The Morgan fingerprint density at radius 1 is 1.33 bits per heavy atom. The molecule has 1 aliphatic heterocycles. The highest BCUT2D eigenvalue weighted by Gasteiger charge is 2.28. The Morgan fingerprint density at radius 2 is 2.06 bits per heavy atom. The average Bonchev–Trinajstić information content (AvgIpc) is 2.81. The van der Waals surface area contributed by atoms with Crippen molar-refractivity contribution in [2.24, 2.45) is 0 Å². The molecule has 1 amide bonds. The maximum atomic E-state index is 13.1. The van der Waals surface area contributed by atoms with E-state index in [1.165, 1.54) is 6.07 Å². The first kappa shape index (κ1) is 13.0. The highest BCUT2D eigenvalue weighted by atomic mass is 19.2. The quantitative estimate of drug-likeness (QED) is 0.802. The van der Waals surface area contributed by atoms with Crippen LogP contribution in [0.1, 0.15) is 16.8 Å². The van der Waals surface area contributed by atoms with Crippen LogP contribution in [0.4, 0.5) is 8.78 Å². The lowest BCUT2D eigenvalue weighted by molar-refractivity contribution is 0.0782. The van der Waals surface area contributed by atoms with Crippen LogP contribution in [0.3, 0.4) is 0 Å². The third-order valence-electron chi connectivity index (χ3n) is 3.35. The van der Waals surface area contributed by atoms with E-state index >= 15 is 0 Å². The van der Waals surface area contributed by atoms with Gasteiger partial charge in [0.25, 0.3) is 5.91 Å². The Kier molecular flexibility index (Phi) is 3.61. The van der Waals surface area contributed by atoms with Gasteiger partial charge in [0.2, 0.25) is 0 Å². The molecule has 0 radical (unpaired) electrons. The van der Waals surface area contributed by atoms with Crippen LogP contribution in [0.15, 0.2) is 18.2 Å². The van der Waals surface area contributed by atoms with E-state index in [0.717, 1.165) is 18.6 Å². The lowest BCUT2D eigenvalue weighted by Gasteiger charge is -2.20. The number of carbonyl (C=O) groups is 1. The summed E-state index contributed by atoms with van der Waals surface area (Å²) in [6.07, 6.45) is 0.905. The second kappa shape index (κ2) is 5.02. The Morgan fingerprint density at radius 3 is 2.61 bits per heavy atom. The van der Waals surface area contributed by atoms with Gasteiger partial charge in [-0.2, -0.15) is 0 Å². The molecule has 1 aromatic carbocycles. The van der Waals surface area contributed by atoms with E-state index in [-0.39, 0.29) is 11.5 Å². The van der Waals surface area contributed by atoms with Crippen LogP contribution in [0.25, 0.3) is 0 Å². The van der Waals surface area contributed by atoms with E-state index in [0.29, 0.717) is 19.1 Å². The monoisotopic (exact) mass is 254 g/mol. The number of nitrogens with zero attached hydrogens (tertiary/aromatic N) is 2. The van der Waals surface area contributed by atoms with E-state index in [1.807, 2.05) is 14.1 Å². The summed E-state index contributed by atoms with van der Waals surface area (Å²) in [6.45, 7) is 1.28. The Balaban J connectivity index is 2.10. The number of rotatable bonds is 2. The van der Waals surface area contributed by atoms with Gasteiger partial charge in [-0.25, -0.2) is 8.78 Å². The zero-order chi connectivity index (χ0) is 13.3. The first-order valence-corrected chi connectivity index (χ1v) is 5.90. The fourth-order valence-corrected chi connectivity index (χ4v) is 2.16. The van der Waals surface area contributed by atoms with Crippen molar-refractivity contribution in [2.75, 3.05) is 27.2 Å². The highest BCUT2D eigenvalue weighted by Crippen LogP contribution is 2.17. The van der Waals surface area contributed by atoms with Crippen LogP contribution in [-0.2, 0) is 0 Å². The first-order valence-electron chi connectivity index (χ1n) is 5.90. The van der Waals surface area contributed by atoms with Gasteiger partial charge in [0.1, 0.15) is 0 Å². The standard InChI is InChI=1S/C13H16F2N2O/c1-16(2)10-5-6-17(8-10)13(18)9-3-4-11(14)12(15)7-9/h3-4,7,10H,5-6,8H2,1-2H3. The molecule has 1 fully saturated rings. The Hall–Kier alpha value is -1.49. The minimum atomic E-state index is -0.982. The highest BCUT2D eigenvalue weighted by molar-refractivity contribution is 5.94. The van der Waals surface area contributed by atoms with Crippen molar-refractivity contribution in [3.63, 3.8) is 0 Å². The van der Waals surface area contributed by atoms with Gasteiger partial charge >= 0.3 is 0 Å². The molecule has 2 rings (SSSR count). The molecule has 1 aromatic rings. The maximum Gasteiger partial charge on any atom is 0.254 e. The fraction of sp³-hybridized carbons (Fsp3) is 0.462. The second-order valence-electron chi connectivity index (χ2n) is 4.79. The normalized spacial score (nSPS) is 19.6. The molecule has 0 saturated carbocycles. The Labute approximate surface area is 105 Å². The summed E-state index contributed by atoms with van der Waals surface area (Å²) < 4.78 is 25.9. The molecule has 0 aliphatic carbocycles. The summed E-state index contributed by atoms with van der Waals surface area (Å²) in [5.41, 5.74) is 0.202. The molecule has 1 heterocycles. The van der Waals surface area contributed by atoms with Crippen LogP contribution >= 0.6 is 0 Å². The molecule has 0 aromatic heterocycles. The van der Waals surface area contributed by atoms with Gasteiger partial charge in [0.05, 0.1) is 0 Å². The lowest BCUT2D eigenvalue weighted by atomic mass is 10.2. The maximum absolute atomic E-state index is 13.1. The van der Waals surface area contributed by atoms with Crippen molar-refractivity contribution < 1.29 is 13.6 Å². The van der Waals surface area contributed by atoms with Gasteiger partial charge in [0, 0.05) is 24.7 Å². The molecular weight excluding hydrogens is 238 g/mol. The van der Waals surface area contributed by atoms with Crippen molar-refractivity contribution in [3.05, 3.63) is 35.4 Å². The average molecular weight is 254 g/mol. The van der Waals surface area contributed by atoms with E-state index in [1.54, 1.807) is 4.90 Å². The van der Waals surface area contributed by atoms with Crippen molar-refractivity contribution in [1.29, 1.82) is 0 Å². The third kappa shape index (κ3) is 2.51. The fourth-order valence-electron chi connectivity index (χ4n) is 2.16. The second-order valence-corrected chi connectivity index (χ2v) is 4.79. The number of carbonyl (C=O) groups excluding carboxylic acids is 1. The zero-order valence-corrected chi connectivity index (χ0v) is 10.5. The Bertz CT molecular complexity index is 462. The number of halogens is 2. The van der Waals surface area contributed by atoms with Crippen molar-refractivity contribution in [2.45, 2.75) is 12.5 Å². The van der Waals surface area contributed by atoms with Crippen LogP contribution in [0.2, 0.25) is 0 Å². The minimum absolute atomic E-state index is 0.202. The summed E-state index contributed by atoms with van der Waals surface area (Å²) >= 11 is 0. The van der Waals surface area contributed by atoms with Gasteiger partial charge < -0.3 is 9.80 Å². The summed E-state index contributed by atoms with van der Waals surface area (Å²) in [7, 11) is 3.94. The zero-order valence-electron chi connectivity index (χ0n) is 10.5. The smallest absolute Gasteiger partial charge is 0.254 e. The number of hydrogen-bond donors (Lipinski definition) is 0. The number of benzene rings is 1. The van der Waals surface area contributed by atoms with Crippen LogP contribution < -0.4 is 0 Å². The van der Waals surface area contributed by atoms with Gasteiger partial charge in [-0.3, -0.25) is 4.79 Å². The summed E-state index contributed by atoms with van der Waals surface area (Å²) in [6, 6.07) is 3.60. The third-order valence-corrected chi connectivity index (χ3v) is 3.35. The summed E-state index contributed by atoms with van der Waals surface area (Å²) in [5, 5.41) is 0. The van der Waals surface area contributed by atoms with Crippen molar-refractivity contribution in [1.82, 2.24) is 9.80 Å². The van der Waals surface area contributed by atoms with Crippen LogP contribution in [0.5, 0.6) is 0 Å².